The molecule has 0 bridgehead atoms. The van der Waals surface area contributed by atoms with Crippen LogP contribution in [0.15, 0.2) is 53.8 Å². The number of carbonyl (C=O) groups is 4. The van der Waals surface area contributed by atoms with Gasteiger partial charge in [0, 0.05) is 11.8 Å². The minimum absolute atomic E-state index is 0.0332. The summed E-state index contributed by atoms with van der Waals surface area (Å²) in [4.78, 5) is 51.0. The van der Waals surface area contributed by atoms with E-state index in [4.69, 9.17) is 9.47 Å². The Morgan fingerprint density at radius 1 is 1.14 bits per heavy atom. The van der Waals surface area contributed by atoms with Gasteiger partial charge in [-0.15, -0.1) is 11.8 Å². The maximum Gasteiger partial charge on any atom is 0.409 e. The Labute approximate surface area is 209 Å². The van der Waals surface area contributed by atoms with Gasteiger partial charge in [0.25, 0.3) is 5.91 Å². The highest BCUT2D eigenvalue weighted by Gasteiger charge is 2.54. The lowest BCUT2D eigenvalue weighted by molar-refractivity contribution is -0.173. The Balaban J connectivity index is 1.75. The molecule has 2 atom stereocenters. The SMILES string of the molecule is CC(C)(C)C(=O)OCOC(=O)C1=C(C=CC(F)(F)F)CS[C@@H]2C(NC(=O)Cc3ccccc3)C(=O)N12. The molecule has 3 rings (SSSR count). The smallest absolute Gasteiger partial charge is 0.409 e. The van der Waals surface area contributed by atoms with Gasteiger partial charge in [-0.1, -0.05) is 36.4 Å². The maximum atomic E-state index is 12.9. The average Bonchev–Trinajstić information content (AvgIpc) is 2.79. The van der Waals surface area contributed by atoms with Crippen molar-refractivity contribution < 1.29 is 41.8 Å². The molecule has 0 spiro atoms. The molecule has 12 heteroatoms. The predicted molar refractivity (Wildman–Crippen MR) is 124 cm³/mol. The van der Waals surface area contributed by atoms with Gasteiger partial charge in [-0.3, -0.25) is 19.3 Å². The second kappa shape index (κ2) is 10.8. The fraction of sp³-hybridized carbons (Fsp3) is 0.417. The highest BCUT2D eigenvalue weighted by Crippen LogP contribution is 2.41. The number of allylic oxidation sites excluding steroid dienone is 2. The number of carbonyl (C=O) groups excluding carboxylic acids is 4. The number of thioether (sulfide) groups is 1. The van der Waals surface area contributed by atoms with Crippen molar-refractivity contribution >= 4 is 35.5 Å². The number of fused-ring (bicyclic) bond motifs is 1. The Morgan fingerprint density at radius 2 is 1.81 bits per heavy atom. The van der Waals surface area contributed by atoms with Gasteiger partial charge in [-0.25, -0.2) is 4.79 Å². The summed E-state index contributed by atoms with van der Waals surface area (Å²) in [5.74, 6) is -2.89. The highest BCUT2D eigenvalue weighted by atomic mass is 32.2. The summed E-state index contributed by atoms with van der Waals surface area (Å²) in [5, 5.41) is 1.92. The summed E-state index contributed by atoms with van der Waals surface area (Å²) in [7, 11) is 0. The normalized spacial score (nSPS) is 20.1. The molecule has 8 nitrogen and oxygen atoms in total. The van der Waals surface area contributed by atoms with E-state index >= 15 is 0 Å². The number of benzene rings is 1. The Bertz CT molecular complexity index is 1100. The first-order chi connectivity index (χ1) is 16.8. The Hall–Kier alpha value is -3.28. The van der Waals surface area contributed by atoms with Crippen LogP contribution in [0.5, 0.6) is 0 Å². The van der Waals surface area contributed by atoms with Crippen molar-refractivity contribution in [2.24, 2.45) is 5.41 Å². The number of halogens is 3. The van der Waals surface area contributed by atoms with E-state index in [-0.39, 0.29) is 29.5 Å². The van der Waals surface area contributed by atoms with E-state index in [0.29, 0.717) is 6.08 Å². The minimum atomic E-state index is -4.64. The maximum absolute atomic E-state index is 12.9. The molecule has 194 valence electrons. The number of esters is 2. The van der Waals surface area contributed by atoms with E-state index in [9.17, 15) is 32.3 Å². The molecule has 1 aromatic rings. The van der Waals surface area contributed by atoms with Gasteiger partial charge in [-0.2, -0.15) is 13.2 Å². The van der Waals surface area contributed by atoms with E-state index in [0.717, 1.165) is 22.2 Å². The van der Waals surface area contributed by atoms with E-state index in [2.05, 4.69) is 5.32 Å². The Kier molecular flexibility index (Phi) is 8.17. The molecule has 1 unspecified atom stereocenters. The molecule has 0 radical (unpaired) electrons. The number of β-lactam (4-membered cyclic amide) rings is 1. The molecule has 1 aromatic carbocycles. The number of alkyl halides is 3. The first kappa shape index (κ1) is 27.3. The average molecular weight is 527 g/mol. The van der Waals surface area contributed by atoms with Crippen LogP contribution in [-0.2, 0) is 35.1 Å². The molecule has 2 amide bonds. The zero-order valence-electron chi connectivity index (χ0n) is 19.8. The summed E-state index contributed by atoms with van der Waals surface area (Å²) in [6.07, 6.45) is -3.95. The summed E-state index contributed by atoms with van der Waals surface area (Å²) in [6.45, 7) is 4.00. The summed E-state index contributed by atoms with van der Waals surface area (Å²) >= 11 is 1.11. The number of ether oxygens (including phenoxy) is 2. The molecular weight excluding hydrogens is 501 g/mol. The minimum Gasteiger partial charge on any atom is -0.427 e. The molecule has 0 aliphatic carbocycles. The van der Waals surface area contributed by atoms with Crippen LogP contribution in [-0.4, -0.2) is 58.8 Å². The van der Waals surface area contributed by atoms with Gasteiger partial charge in [0.2, 0.25) is 12.7 Å². The lowest BCUT2D eigenvalue weighted by Gasteiger charge is -2.49. The van der Waals surface area contributed by atoms with Crippen molar-refractivity contribution in [3.05, 3.63) is 59.3 Å². The molecule has 0 saturated carbocycles. The van der Waals surface area contributed by atoms with Crippen LogP contribution in [0.25, 0.3) is 0 Å². The first-order valence-electron chi connectivity index (χ1n) is 10.9. The van der Waals surface area contributed by atoms with Crippen LogP contribution in [0.2, 0.25) is 0 Å². The van der Waals surface area contributed by atoms with Crippen molar-refractivity contribution in [3.8, 4) is 0 Å². The van der Waals surface area contributed by atoms with E-state index in [1.54, 1.807) is 51.1 Å². The number of hydrogen-bond donors (Lipinski definition) is 1. The number of rotatable bonds is 7. The van der Waals surface area contributed by atoms with E-state index in [1.807, 2.05) is 0 Å². The number of hydrogen-bond acceptors (Lipinski definition) is 7. The van der Waals surface area contributed by atoms with E-state index < -0.39 is 53.6 Å². The second-order valence-electron chi connectivity index (χ2n) is 9.10. The molecule has 2 heterocycles. The lowest BCUT2D eigenvalue weighted by Crippen LogP contribution is -2.70. The topological polar surface area (TPSA) is 102 Å². The van der Waals surface area contributed by atoms with Crippen LogP contribution >= 0.6 is 11.8 Å². The molecule has 1 fully saturated rings. The molecular formula is C24H25F3N2O6S. The summed E-state index contributed by atoms with van der Waals surface area (Å²) in [6, 6.07) is 7.90. The van der Waals surface area contributed by atoms with E-state index in [1.165, 1.54) is 0 Å². The molecule has 2 aliphatic heterocycles. The summed E-state index contributed by atoms with van der Waals surface area (Å²) in [5.41, 5.74) is -0.589. The molecule has 2 aliphatic rings. The van der Waals surface area contributed by atoms with Gasteiger partial charge in [0.1, 0.15) is 17.1 Å². The fourth-order valence-electron chi connectivity index (χ4n) is 3.38. The van der Waals surface area contributed by atoms with Crippen LogP contribution in [0.1, 0.15) is 26.3 Å². The molecule has 0 aromatic heterocycles. The van der Waals surface area contributed by atoms with Gasteiger partial charge in [0.05, 0.1) is 11.8 Å². The van der Waals surface area contributed by atoms with Crippen LogP contribution in [0.4, 0.5) is 13.2 Å². The van der Waals surface area contributed by atoms with Crippen molar-refractivity contribution in [1.29, 1.82) is 0 Å². The second-order valence-corrected chi connectivity index (χ2v) is 10.2. The van der Waals surface area contributed by atoms with Crippen molar-refractivity contribution in [3.63, 3.8) is 0 Å². The third kappa shape index (κ3) is 6.68. The van der Waals surface area contributed by atoms with Gasteiger partial charge in [0.15, 0.2) is 0 Å². The first-order valence-corrected chi connectivity index (χ1v) is 11.9. The van der Waals surface area contributed by atoms with Crippen LogP contribution in [0, 0.1) is 5.41 Å². The Morgan fingerprint density at radius 3 is 2.42 bits per heavy atom. The molecule has 1 N–H and O–H groups in total. The standard InChI is InChI=1S/C24H25F3N2O6S/c1-23(2,3)22(33)35-13-34-21(32)18-15(9-10-24(25,26)27)12-36-20-17(19(31)29(18)20)28-16(30)11-14-7-5-4-6-8-14/h4-10,17,20H,11-13H2,1-3H3,(H,28,30)/t17?,20-/m1/s1. The largest absolute Gasteiger partial charge is 0.427 e. The van der Waals surface area contributed by atoms with Crippen molar-refractivity contribution in [2.75, 3.05) is 12.5 Å². The van der Waals surface area contributed by atoms with Gasteiger partial charge >= 0.3 is 18.1 Å². The van der Waals surface area contributed by atoms with Crippen LogP contribution in [0.3, 0.4) is 0 Å². The number of nitrogens with zero attached hydrogens (tertiary/aromatic N) is 1. The summed E-state index contributed by atoms with van der Waals surface area (Å²) < 4.78 is 48.2. The number of nitrogens with one attached hydrogen (secondary N) is 1. The molecule has 36 heavy (non-hydrogen) atoms. The lowest BCUT2D eigenvalue weighted by atomic mass is 9.98. The third-order valence-corrected chi connectivity index (χ3v) is 6.48. The zero-order chi connectivity index (χ0) is 26.7. The predicted octanol–water partition coefficient (Wildman–Crippen LogP) is 3.09. The monoisotopic (exact) mass is 526 g/mol. The van der Waals surface area contributed by atoms with Crippen molar-refractivity contribution in [2.45, 2.75) is 44.8 Å². The molecule has 1 saturated heterocycles. The van der Waals surface area contributed by atoms with Crippen molar-refractivity contribution in [1.82, 2.24) is 10.2 Å². The quantitative estimate of drug-likeness (QED) is 0.331. The fourth-order valence-corrected chi connectivity index (χ4v) is 4.70. The number of amides is 2. The highest BCUT2D eigenvalue weighted by molar-refractivity contribution is 8.00. The zero-order valence-corrected chi connectivity index (χ0v) is 20.6. The third-order valence-electron chi connectivity index (χ3n) is 5.18. The van der Waals surface area contributed by atoms with Gasteiger partial charge in [-0.05, 0) is 31.9 Å². The van der Waals surface area contributed by atoms with Gasteiger partial charge < -0.3 is 14.8 Å². The van der Waals surface area contributed by atoms with Crippen LogP contribution < -0.4 is 5.32 Å².